The molecule has 1 N–H and O–H groups in total. The number of aromatic nitrogens is 2. The number of nitrogens with zero attached hydrogens (tertiary/aromatic N) is 2. The molecule has 2 heterocycles. The van der Waals surface area contributed by atoms with Crippen molar-refractivity contribution in [3.63, 3.8) is 0 Å². The van der Waals surface area contributed by atoms with Gasteiger partial charge in [-0.05, 0) is 48.5 Å². The number of hydrogen-bond donors (Lipinski definition) is 1. The molecule has 0 spiro atoms. The van der Waals surface area contributed by atoms with Crippen molar-refractivity contribution < 1.29 is 4.79 Å². The summed E-state index contributed by atoms with van der Waals surface area (Å²) in [6.45, 7) is 0. The van der Waals surface area contributed by atoms with Crippen molar-refractivity contribution in [3.05, 3.63) is 77.8 Å². The Balaban J connectivity index is 1.37. The number of carbonyl (C=O) groups is 1. The zero-order valence-corrected chi connectivity index (χ0v) is 15.7. The van der Waals surface area contributed by atoms with Crippen molar-refractivity contribution >= 4 is 54.7 Å². The molecule has 1 amide bonds. The van der Waals surface area contributed by atoms with E-state index in [1.165, 1.54) is 16.0 Å². The first-order valence-electron chi connectivity index (χ1n) is 8.39. The zero-order valence-electron chi connectivity index (χ0n) is 14.0. The molecule has 0 saturated heterocycles. The third kappa shape index (κ3) is 3.09. The van der Waals surface area contributed by atoms with E-state index in [1.54, 1.807) is 11.3 Å². The van der Waals surface area contributed by atoms with Gasteiger partial charge in [0, 0.05) is 11.3 Å². The number of thiazole rings is 2. The fourth-order valence-electron chi connectivity index (χ4n) is 2.85. The van der Waals surface area contributed by atoms with Crippen molar-refractivity contribution in [2.24, 2.45) is 0 Å². The third-order valence-electron chi connectivity index (χ3n) is 4.17. The first-order valence-corrected chi connectivity index (χ1v) is 10.0. The lowest BCUT2D eigenvalue weighted by Gasteiger charge is -2.03. The molecule has 0 unspecified atom stereocenters. The molecule has 0 radical (unpaired) electrons. The third-order valence-corrected chi connectivity index (χ3v) is 6.29. The van der Waals surface area contributed by atoms with E-state index in [0.717, 1.165) is 32.0 Å². The van der Waals surface area contributed by atoms with Crippen LogP contribution in [0.5, 0.6) is 0 Å². The number of benzene rings is 3. The van der Waals surface area contributed by atoms with E-state index in [1.807, 2.05) is 66.7 Å². The van der Waals surface area contributed by atoms with Crippen LogP contribution in [-0.2, 0) is 0 Å². The van der Waals surface area contributed by atoms with Gasteiger partial charge in [-0.25, -0.2) is 9.97 Å². The molecule has 6 heteroatoms. The van der Waals surface area contributed by atoms with E-state index < -0.39 is 0 Å². The highest BCUT2D eigenvalue weighted by Crippen LogP contribution is 2.30. The minimum absolute atomic E-state index is 0.191. The number of para-hydroxylation sites is 2. The van der Waals surface area contributed by atoms with Gasteiger partial charge in [0.2, 0.25) is 0 Å². The first-order chi connectivity index (χ1) is 13.3. The molecule has 2 aromatic heterocycles. The minimum atomic E-state index is -0.191. The number of anilines is 1. The second-order valence-electron chi connectivity index (χ2n) is 6.00. The summed E-state index contributed by atoms with van der Waals surface area (Å²) >= 11 is 3.06. The maximum absolute atomic E-state index is 12.5. The summed E-state index contributed by atoms with van der Waals surface area (Å²) in [4.78, 5) is 21.5. The van der Waals surface area contributed by atoms with Crippen molar-refractivity contribution in [1.82, 2.24) is 9.97 Å². The topological polar surface area (TPSA) is 54.9 Å². The van der Waals surface area contributed by atoms with Crippen LogP contribution in [-0.4, -0.2) is 15.9 Å². The van der Waals surface area contributed by atoms with E-state index in [-0.39, 0.29) is 5.91 Å². The Hall–Kier alpha value is -3.09. The van der Waals surface area contributed by atoms with E-state index >= 15 is 0 Å². The number of rotatable bonds is 3. The summed E-state index contributed by atoms with van der Waals surface area (Å²) in [6.07, 6.45) is 0. The maximum atomic E-state index is 12.5. The molecule has 0 saturated carbocycles. The van der Waals surface area contributed by atoms with Crippen LogP contribution >= 0.6 is 22.7 Å². The van der Waals surface area contributed by atoms with Crippen molar-refractivity contribution in [2.45, 2.75) is 0 Å². The van der Waals surface area contributed by atoms with E-state index in [0.29, 0.717) is 5.01 Å². The normalized spacial score (nSPS) is 11.1. The van der Waals surface area contributed by atoms with Crippen molar-refractivity contribution in [2.75, 3.05) is 5.32 Å². The second kappa shape index (κ2) is 6.57. The van der Waals surface area contributed by atoms with Crippen LogP contribution in [0.15, 0.2) is 72.8 Å². The zero-order chi connectivity index (χ0) is 18.2. The quantitative estimate of drug-likeness (QED) is 0.424. The molecule has 0 atom stereocenters. The van der Waals surface area contributed by atoms with Crippen LogP contribution in [0.25, 0.3) is 31.0 Å². The highest BCUT2D eigenvalue weighted by Gasteiger charge is 2.12. The minimum Gasteiger partial charge on any atom is -0.320 e. The maximum Gasteiger partial charge on any atom is 0.284 e. The Kier molecular flexibility index (Phi) is 3.92. The average Bonchev–Trinajstić information content (AvgIpc) is 3.32. The molecule has 4 nitrogen and oxygen atoms in total. The van der Waals surface area contributed by atoms with E-state index in [4.69, 9.17) is 0 Å². The van der Waals surface area contributed by atoms with Gasteiger partial charge in [0.1, 0.15) is 5.01 Å². The Labute approximate surface area is 163 Å². The Bertz CT molecular complexity index is 1210. The molecule has 130 valence electrons. The van der Waals surface area contributed by atoms with Crippen LogP contribution in [0, 0.1) is 0 Å². The summed E-state index contributed by atoms with van der Waals surface area (Å²) < 4.78 is 2.18. The monoisotopic (exact) mass is 387 g/mol. The molecule has 3 aromatic carbocycles. The molecular formula is C21H13N3OS2. The van der Waals surface area contributed by atoms with E-state index in [2.05, 4.69) is 21.4 Å². The lowest BCUT2D eigenvalue weighted by atomic mass is 10.2. The van der Waals surface area contributed by atoms with Crippen LogP contribution in [0.1, 0.15) is 9.80 Å². The molecule has 0 aliphatic rings. The fraction of sp³-hybridized carbons (Fsp3) is 0. The summed E-state index contributed by atoms with van der Waals surface area (Å²) in [5.74, 6) is -0.191. The highest BCUT2D eigenvalue weighted by atomic mass is 32.1. The smallest absolute Gasteiger partial charge is 0.284 e. The van der Waals surface area contributed by atoms with E-state index in [9.17, 15) is 4.79 Å². The van der Waals surface area contributed by atoms with Crippen LogP contribution in [0.4, 0.5) is 5.69 Å². The molecule has 27 heavy (non-hydrogen) atoms. The summed E-state index contributed by atoms with van der Waals surface area (Å²) in [6, 6.07) is 23.6. The number of carbonyl (C=O) groups excluding carboxylic acids is 1. The van der Waals surface area contributed by atoms with Crippen molar-refractivity contribution in [1.29, 1.82) is 0 Å². The molecular weight excluding hydrogens is 374 g/mol. The SMILES string of the molecule is O=C(Nc1ccc(-c2nc3ccccc3s2)cc1)c1nc2ccccc2s1. The number of nitrogens with one attached hydrogen (secondary N) is 1. The molecule has 0 fully saturated rings. The van der Waals surface area contributed by atoms with Crippen LogP contribution in [0.3, 0.4) is 0 Å². The predicted octanol–water partition coefficient (Wildman–Crippen LogP) is 5.83. The molecule has 0 bridgehead atoms. The van der Waals surface area contributed by atoms with Gasteiger partial charge in [-0.3, -0.25) is 4.79 Å². The summed E-state index contributed by atoms with van der Waals surface area (Å²) in [5, 5.41) is 4.35. The largest absolute Gasteiger partial charge is 0.320 e. The fourth-order valence-corrected chi connectivity index (χ4v) is 4.68. The standard InChI is InChI=1S/C21H13N3OS2/c25-19(21-24-16-6-2-4-8-18(16)27-21)22-14-11-9-13(10-12-14)20-23-15-5-1-3-7-17(15)26-20/h1-12H,(H,22,25). The lowest BCUT2D eigenvalue weighted by Crippen LogP contribution is -2.11. The Morgan fingerprint density at radius 3 is 2.04 bits per heavy atom. The lowest BCUT2D eigenvalue weighted by molar-refractivity contribution is 0.102. The van der Waals surface area contributed by atoms with Crippen LogP contribution in [0.2, 0.25) is 0 Å². The Morgan fingerprint density at radius 2 is 1.37 bits per heavy atom. The van der Waals surface area contributed by atoms with Crippen LogP contribution < -0.4 is 5.32 Å². The molecule has 0 aliphatic heterocycles. The summed E-state index contributed by atoms with van der Waals surface area (Å²) in [7, 11) is 0. The first kappa shape index (κ1) is 16.1. The van der Waals surface area contributed by atoms with Crippen molar-refractivity contribution in [3.8, 4) is 10.6 Å². The van der Waals surface area contributed by atoms with Gasteiger partial charge < -0.3 is 5.32 Å². The van der Waals surface area contributed by atoms with Gasteiger partial charge >= 0.3 is 0 Å². The summed E-state index contributed by atoms with van der Waals surface area (Å²) in [5.41, 5.74) is 3.63. The molecule has 0 aliphatic carbocycles. The van der Waals surface area contributed by atoms with Gasteiger partial charge in [-0.15, -0.1) is 22.7 Å². The average molecular weight is 387 g/mol. The predicted molar refractivity (Wildman–Crippen MR) is 113 cm³/mol. The second-order valence-corrected chi connectivity index (χ2v) is 8.07. The number of hydrogen-bond acceptors (Lipinski definition) is 5. The van der Waals surface area contributed by atoms with Gasteiger partial charge in [0.15, 0.2) is 5.01 Å². The molecule has 5 rings (SSSR count). The number of fused-ring (bicyclic) bond motifs is 2. The van der Waals surface area contributed by atoms with Gasteiger partial charge in [-0.1, -0.05) is 24.3 Å². The highest BCUT2D eigenvalue weighted by molar-refractivity contribution is 7.21. The number of amides is 1. The Morgan fingerprint density at radius 1 is 0.741 bits per heavy atom. The van der Waals surface area contributed by atoms with Gasteiger partial charge in [-0.2, -0.15) is 0 Å². The van der Waals surface area contributed by atoms with Gasteiger partial charge in [0.25, 0.3) is 5.91 Å². The van der Waals surface area contributed by atoms with Gasteiger partial charge in [0.05, 0.1) is 20.4 Å². The molecule has 5 aromatic rings.